The van der Waals surface area contributed by atoms with Crippen LogP contribution >= 0.6 is 11.5 Å². The van der Waals surface area contributed by atoms with Crippen molar-refractivity contribution in [1.29, 1.82) is 0 Å². The molecule has 0 radical (unpaired) electrons. The number of imide groups is 1. The Bertz CT molecular complexity index is 1200. The molecule has 1 aromatic heterocycles. The predicted molar refractivity (Wildman–Crippen MR) is 138 cm³/mol. The second-order valence-electron chi connectivity index (χ2n) is 11.3. The molecule has 2 saturated heterocycles. The van der Waals surface area contributed by atoms with Gasteiger partial charge in [-0.2, -0.15) is 4.37 Å². The highest BCUT2D eigenvalue weighted by atomic mass is 32.1. The molecule has 2 amide bonds. The number of benzene rings is 1. The summed E-state index contributed by atoms with van der Waals surface area (Å²) in [5.74, 6) is 2.66. The quantitative estimate of drug-likeness (QED) is 0.585. The number of likely N-dealkylation sites (tertiary alicyclic amines) is 1. The second kappa shape index (κ2) is 8.70. The first kappa shape index (κ1) is 22.0. The number of piperazine rings is 1. The normalized spacial score (nSPS) is 31.3. The van der Waals surface area contributed by atoms with Crippen molar-refractivity contribution in [3.8, 4) is 0 Å². The summed E-state index contributed by atoms with van der Waals surface area (Å²) in [6.07, 6.45) is 8.00. The third-order valence-corrected chi connectivity index (χ3v) is 10.3. The number of fused-ring (bicyclic) bond motifs is 5. The first-order valence-corrected chi connectivity index (χ1v) is 14.3. The lowest BCUT2D eigenvalue weighted by Crippen LogP contribution is -2.49. The molecule has 2 bridgehead atoms. The zero-order chi connectivity index (χ0) is 23.5. The van der Waals surface area contributed by atoms with Gasteiger partial charge in [0.1, 0.15) is 5.82 Å². The van der Waals surface area contributed by atoms with Crippen molar-refractivity contribution in [3.05, 3.63) is 35.4 Å². The first-order chi connectivity index (χ1) is 17.2. The van der Waals surface area contributed by atoms with Crippen molar-refractivity contribution in [2.24, 2.45) is 23.7 Å². The average Bonchev–Trinajstić information content (AvgIpc) is 3.66. The summed E-state index contributed by atoms with van der Waals surface area (Å²) in [4.78, 5) is 33.2. The van der Waals surface area contributed by atoms with Crippen molar-refractivity contribution in [2.75, 3.05) is 44.2 Å². The van der Waals surface area contributed by atoms with E-state index in [-0.39, 0.29) is 17.7 Å². The molecule has 2 aliphatic heterocycles. The molecular weight excluding hydrogens is 456 g/mol. The van der Waals surface area contributed by atoms with Crippen molar-refractivity contribution in [3.63, 3.8) is 0 Å². The van der Waals surface area contributed by atoms with Crippen molar-refractivity contribution in [1.82, 2.24) is 14.2 Å². The number of hydrogen-bond donors (Lipinski definition) is 0. The zero-order valence-corrected chi connectivity index (χ0v) is 21.1. The maximum Gasteiger partial charge on any atom is 0.257 e. The summed E-state index contributed by atoms with van der Waals surface area (Å²) >= 11 is 1.59. The van der Waals surface area contributed by atoms with Crippen LogP contribution in [0.3, 0.4) is 0 Å². The highest BCUT2D eigenvalue weighted by Gasteiger charge is 2.54. The molecular formula is C28H34N4O2S. The molecule has 5 aliphatic rings. The number of carbonyl (C=O) groups is 2. The molecule has 0 N–H and O–H groups in total. The monoisotopic (exact) mass is 490 g/mol. The van der Waals surface area contributed by atoms with Crippen LogP contribution in [0.1, 0.15) is 44.9 Å². The van der Waals surface area contributed by atoms with Crippen LogP contribution in [0.15, 0.2) is 35.4 Å². The fourth-order valence-corrected chi connectivity index (χ4v) is 8.43. The number of rotatable bonds is 5. The lowest BCUT2D eigenvalue weighted by Gasteiger charge is -2.40. The van der Waals surface area contributed by atoms with Gasteiger partial charge in [0.2, 0.25) is 5.91 Å². The maximum atomic E-state index is 13.2. The Morgan fingerprint density at radius 2 is 1.71 bits per heavy atom. The Morgan fingerprint density at radius 1 is 0.943 bits per heavy atom. The molecule has 6 nitrogen and oxygen atoms in total. The van der Waals surface area contributed by atoms with Gasteiger partial charge in [-0.1, -0.05) is 30.5 Å². The van der Waals surface area contributed by atoms with Crippen LogP contribution in [0.2, 0.25) is 0 Å². The lowest BCUT2D eigenvalue weighted by atomic mass is 9.78. The number of hydrogen-bond acceptors (Lipinski definition) is 6. The van der Waals surface area contributed by atoms with Gasteiger partial charge in [0.15, 0.2) is 0 Å². The molecule has 2 aromatic rings. The molecule has 1 aromatic carbocycles. The van der Waals surface area contributed by atoms with Gasteiger partial charge < -0.3 is 4.90 Å². The Hall–Kier alpha value is -2.25. The number of anilines is 1. The van der Waals surface area contributed by atoms with Crippen molar-refractivity contribution in [2.45, 2.75) is 44.9 Å². The lowest BCUT2D eigenvalue weighted by molar-refractivity contribution is -0.141. The van der Waals surface area contributed by atoms with Crippen LogP contribution in [0.25, 0.3) is 10.1 Å². The Balaban J connectivity index is 0.997. The molecule has 3 aliphatic carbocycles. The standard InChI is InChI=1S/C28H34N4O2S/c33-27-24-18-9-10-19(15-18)25(24)28(34)32(27)17-21-6-2-1-5-20(21)16-30-11-13-31(14-12-30)26-22-7-3-4-8-23(22)35-29-26/h3-4,7-8,18,20-21,24H,1-2,5-6,9-17H2. The minimum absolute atomic E-state index is 0.0608. The van der Waals surface area contributed by atoms with Crippen LogP contribution in [-0.4, -0.2) is 65.3 Å². The first-order valence-electron chi connectivity index (χ1n) is 13.6. The smallest absolute Gasteiger partial charge is 0.257 e. The van der Waals surface area contributed by atoms with E-state index < -0.39 is 0 Å². The second-order valence-corrected chi connectivity index (χ2v) is 12.2. The minimum atomic E-state index is -0.0943. The number of carbonyl (C=O) groups excluding carboxylic acids is 2. The zero-order valence-electron chi connectivity index (χ0n) is 20.3. The Morgan fingerprint density at radius 3 is 2.51 bits per heavy atom. The van der Waals surface area contributed by atoms with E-state index in [0.717, 1.165) is 69.8 Å². The largest absolute Gasteiger partial charge is 0.353 e. The van der Waals surface area contributed by atoms with E-state index in [2.05, 4.69) is 34.1 Å². The van der Waals surface area contributed by atoms with Gasteiger partial charge in [-0.3, -0.25) is 19.4 Å². The third kappa shape index (κ3) is 3.65. The molecule has 7 rings (SSSR count). The molecule has 35 heavy (non-hydrogen) atoms. The van der Waals surface area contributed by atoms with E-state index in [4.69, 9.17) is 4.37 Å². The molecule has 4 atom stereocenters. The average molecular weight is 491 g/mol. The number of allylic oxidation sites excluding steroid dienone is 1. The van der Waals surface area contributed by atoms with Crippen LogP contribution in [0.5, 0.6) is 0 Å². The Labute approximate surface area is 211 Å². The van der Waals surface area contributed by atoms with E-state index >= 15 is 0 Å². The van der Waals surface area contributed by atoms with E-state index in [1.165, 1.54) is 34.9 Å². The van der Waals surface area contributed by atoms with Gasteiger partial charge >= 0.3 is 0 Å². The maximum absolute atomic E-state index is 13.2. The minimum Gasteiger partial charge on any atom is -0.353 e. The van der Waals surface area contributed by atoms with Gasteiger partial charge in [-0.15, -0.1) is 0 Å². The van der Waals surface area contributed by atoms with Crippen LogP contribution in [-0.2, 0) is 9.59 Å². The number of aromatic nitrogens is 1. The van der Waals surface area contributed by atoms with Crippen LogP contribution in [0, 0.1) is 23.7 Å². The predicted octanol–water partition coefficient (Wildman–Crippen LogP) is 4.32. The van der Waals surface area contributed by atoms with Gasteiger partial charge in [0.25, 0.3) is 5.91 Å². The molecule has 4 unspecified atom stereocenters. The van der Waals surface area contributed by atoms with E-state index in [1.807, 2.05) is 0 Å². The number of amides is 2. The molecule has 3 heterocycles. The Kier molecular flexibility index (Phi) is 5.46. The number of nitrogens with zero attached hydrogens (tertiary/aromatic N) is 4. The fourth-order valence-electron chi connectivity index (χ4n) is 7.63. The summed E-state index contributed by atoms with van der Waals surface area (Å²) in [7, 11) is 0. The topological polar surface area (TPSA) is 56.8 Å². The highest BCUT2D eigenvalue weighted by Crippen LogP contribution is 2.52. The van der Waals surface area contributed by atoms with Crippen LogP contribution in [0.4, 0.5) is 5.82 Å². The third-order valence-electron chi connectivity index (χ3n) is 9.50. The van der Waals surface area contributed by atoms with Crippen LogP contribution < -0.4 is 4.90 Å². The molecule has 4 fully saturated rings. The van der Waals surface area contributed by atoms with Gasteiger partial charge in [0, 0.05) is 50.2 Å². The summed E-state index contributed by atoms with van der Waals surface area (Å²) in [5.41, 5.74) is 2.20. The van der Waals surface area contributed by atoms with E-state index in [1.54, 1.807) is 16.4 Å². The summed E-state index contributed by atoms with van der Waals surface area (Å²) < 4.78 is 6.02. The molecule has 184 valence electrons. The highest BCUT2D eigenvalue weighted by molar-refractivity contribution is 7.13. The molecule has 0 spiro atoms. The SMILES string of the molecule is O=C1C2=C3CCC(C3)C2C(=O)N1CC1CCCCC1CN1CCN(c2nsc3ccccc23)CC1. The fraction of sp³-hybridized carbons (Fsp3) is 0.607. The van der Waals surface area contributed by atoms with Gasteiger partial charge in [-0.05, 0) is 73.5 Å². The van der Waals surface area contributed by atoms with Crippen molar-refractivity contribution >= 4 is 39.3 Å². The van der Waals surface area contributed by atoms with Crippen molar-refractivity contribution < 1.29 is 9.59 Å². The molecule has 2 saturated carbocycles. The van der Waals surface area contributed by atoms with E-state index in [9.17, 15) is 9.59 Å². The summed E-state index contributed by atoms with van der Waals surface area (Å²) in [6, 6.07) is 8.52. The molecule has 7 heteroatoms. The van der Waals surface area contributed by atoms with Gasteiger partial charge in [-0.25, -0.2) is 0 Å². The van der Waals surface area contributed by atoms with Gasteiger partial charge in [0.05, 0.1) is 10.6 Å². The van der Waals surface area contributed by atoms with E-state index in [0.29, 0.717) is 24.3 Å². The summed E-state index contributed by atoms with van der Waals surface area (Å²) in [6.45, 7) is 5.86. The summed E-state index contributed by atoms with van der Waals surface area (Å²) in [5, 5.41) is 1.27.